The van der Waals surface area contributed by atoms with Crippen LogP contribution >= 0.6 is 11.3 Å². The molecule has 24 heavy (non-hydrogen) atoms. The number of hydrogen-bond acceptors (Lipinski definition) is 5. The van der Waals surface area contributed by atoms with E-state index >= 15 is 0 Å². The lowest BCUT2D eigenvalue weighted by Gasteiger charge is -2.31. The maximum atomic E-state index is 6.49. The monoisotopic (exact) mass is 347 g/mol. The molecule has 0 aliphatic carbocycles. The zero-order valence-electron chi connectivity index (χ0n) is 14.2. The van der Waals surface area contributed by atoms with Crippen LogP contribution in [0.1, 0.15) is 22.6 Å². The molecule has 2 fully saturated rings. The molecule has 0 unspecified atom stereocenters. The molecule has 0 amide bonds. The summed E-state index contributed by atoms with van der Waals surface area (Å²) in [7, 11) is 0. The van der Waals surface area contributed by atoms with E-state index in [4.69, 9.17) is 9.47 Å². The molecule has 6 heteroatoms. The minimum Gasteiger partial charge on any atom is -0.377 e. The third kappa shape index (κ3) is 3.72. The summed E-state index contributed by atoms with van der Waals surface area (Å²) in [6.07, 6.45) is 6.21. The number of ether oxygens (including phenoxy) is 2. The summed E-state index contributed by atoms with van der Waals surface area (Å²) in [6, 6.07) is 6.41. The van der Waals surface area contributed by atoms with E-state index in [1.54, 1.807) is 0 Å². The number of hydrogen-bond donors (Lipinski definition) is 0. The summed E-state index contributed by atoms with van der Waals surface area (Å²) in [6.45, 7) is 7.43. The highest BCUT2D eigenvalue weighted by molar-refractivity contribution is 7.11. The van der Waals surface area contributed by atoms with Crippen molar-refractivity contribution < 1.29 is 9.47 Å². The maximum absolute atomic E-state index is 6.49. The molecule has 2 atom stereocenters. The number of rotatable bonds is 4. The largest absolute Gasteiger partial charge is 0.377 e. The molecule has 2 aliphatic rings. The highest BCUT2D eigenvalue weighted by Gasteiger charge is 2.43. The Hall–Kier alpha value is -1.21. The summed E-state index contributed by atoms with van der Waals surface area (Å²) >= 11 is 1.89. The summed E-state index contributed by atoms with van der Waals surface area (Å²) in [4.78, 5) is 5.30. The molecule has 0 saturated carbocycles. The Balaban J connectivity index is 1.40. The van der Waals surface area contributed by atoms with E-state index in [1.165, 1.54) is 9.75 Å². The molecule has 130 valence electrons. The normalized spacial score (nSPS) is 28.5. The van der Waals surface area contributed by atoms with Crippen molar-refractivity contribution in [2.45, 2.75) is 44.6 Å². The fourth-order valence-electron chi connectivity index (χ4n) is 3.77. The lowest BCUT2D eigenvalue weighted by atomic mass is 10.00. The van der Waals surface area contributed by atoms with Crippen LogP contribution in [0.4, 0.5) is 0 Å². The highest BCUT2D eigenvalue weighted by atomic mass is 32.1. The third-order valence-corrected chi connectivity index (χ3v) is 5.88. The van der Waals surface area contributed by atoms with Crippen LogP contribution in [-0.4, -0.2) is 52.7 Å². The van der Waals surface area contributed by atoms with Crippen LogP contribution in [0.15, 0.2) is 30.6 Å². The zero-order chi connectivity index (χ0) is 16.4. The van der Waals surface area contributed by atoms with Gasteiger partial charge in [-0.1, -0.05) is 0 Å². The summed E-state index contributed by atoms with van der Waals surface area (Å²) in [5.41, 5.74) is -0.152. The van der Waals surface area contributed by atoms with E-state index in [1.807, 2.05) is 34.5 Å². The Kier molecular flexibility index (Phi) is 4.72. The van der Waals surface area contributed by atoms with Gasteiger partial charge in [0.25, 0.3) is 0 Å². The molecular formula is C18H25N3O2S. The zero-order valence-corrected chi connectivity index (χ0v) is 15.0. The molecule has 4 heterocycles. The number of aromatic nitrogens is 2. The van der Waals surface area contributed by atoms with Crippen molar-refractivity contribution in [2.75, 3.05) is 26.3 Å². The van der Waals surface area contributed by atoms with Gasteiger partial charge in [-0.25, -0.2) is 0 Å². The quantitative estimate of drug-likeness (QED) is 0.852. The van der Waals surface area contributed by atoms with Crippen LogP contribution in [-0.2, 0) is 22.6 Å². The lowest BCUT2D eigenvalue weighted by Crippen LogP contribution is -2.44. The molecule has 0 radical (unpaired) electrons. The Morgan fingerprint density at radius 1 is 1.42 bits per heavy atom. The SMILES string of the molecule is Cc1ccc(CN2CCOC[C@@]3(CC[C@@H](Cn4cccn4)O3)C2)s1. The van der Waals surface area contributed by atoms with Crippen LogP contribution < -0.4 is 0 Å². The van der Waals surface area contributed by atoms with Gasteiger partial charge in [-0.2, -0.15) is 5.10 Å². The van der Waals surface area contributed by atoms with Crippen LogP contribution in [0.2, 0.25) is 0 Å². The van der Waals surface area contributed by atoms with Crippen molar-refractivity contribution in [1.82, 2.24) is 14.7 Å². The van der Waals surface area contributed by atoms with Crippen LogP contribution in [0, 0.1) is 6.92 Å². The maximum Gasteiger partial charge on any atom is 0.105 e. The second kappa shape index (κ2) is 6.96. The van der Waals surface area contributed by atoms with Gasteiger partial charge in [0, 0.05) is 41.8 Å². The Morgan fingerprint density at radius 3 is 3.17 bits per heavy atom. The average Bonchev–Trinajstić information content (AvgIpc) is 3.25. The van der Waals surface area contributed by atoms with Gasteiger partial charge >= 0.3 is 0 Å². The van der Waals surface area contributed by atoms with Crippen molar-refractivity contribution in [3.63, 3.8) is 0 Å². The fourth-order valence-corrected chi connectivity index (χ4v) is 4.71. The topological polar surface area (TPSA) is 39.5 Å². The van der Waals surface area contributed by atoms with Gasteiger partial charge in [0.15, 0.2) is 0 Å². The van der Waals surface area contributed by atoms with Gasteiger partial charge in [-0.3, -0.25) is 9.58 Å². The second-order valence-corrected chi connectivity index (χ2v) is 8.34. The standard InChI is InChI=1S/C18H25N3O2S/c1-15-3-4-17(24-15)12-20-9-10-22-14-18(13-20)6-5-16(23-18)11-21-8-2-7-19-21/h2-4,7-8,16H,5-6,9-14H2,1H3/t16-,18+/m0/s1. The first kappa shape index (κ1) is 16.3. The van der Waals surface area contributed by atoms with E-state index < -0.39 is 0 Å². The van der Waals surface area contributed by atoms with Crippen LogP contribution in [0.3, 0.4) is 0 Å². The molecule has 0 aromatic carbocycles. The molecule has 2 aliphatic heterocycles. The summed E-state index contributed by atoms with van der Waals surface area (Å²) in [5, 5.41) is 4.30. The third-order valence-electron chi connectivity index (χ3n) is 4.89. The predicted molar refractivity (Wildman–Crippen MR) is 94.2 cm³/mol. The first-order valence-corrected chi connectivity index (χ1v) is 9.53. The molecule has 1 spiro atoms. The van der Waals surface area contributed by atoms with Gasteiger partial charge < -0.3 is 9.47 Å². The molecular weight excluding hydrogens is 322 g/mol. The molecule has 5 nitrogen and oxygen atoms in total. The molecule has 2 aromatic heterocycles. The van der Waals surface area contributed by atoms with E-state index in [0.29, 0.717) is 6.61 Å². The van der Waals surface area contributed by atoms with Crippen LogP contribution in [0.5, 0.6) is 0 Å². The van der Waals surface area contributed by atoms with Gasteiger partial charge in [-0.05, 0) is 38.0 Å². The Labute approximate surface area is 147 Å². The average molecular weight is 347 g/mol. The van der Waals surface area contributed by atoms with Crippen molar-refractivity contribution in [3.05, 3.63) is 40.3 Å². The molecule has 2 aromatic rings. The summed E-state index contributed by atoms with van der Waals surface area (Å²) < 4.78 is 14.4. The van der Waals surface area contributed by atoms with Crippen molar-refractivity contribution in [3.8, 4) is 0 Å². The molecule has 2 saturated heterocycles. The molecule has 0 N–H and O–H groups in total. The highest BCUT2D eigenvalue weighted by Crippen LogP contribution is 2.34. The van der Waals surface area contributed by atoms with E-state index in [2.05, 4.69) is 29.1 Å². The minimum atomic E-state index is -0.152. The van der Waals surface area contributed by atoms with E-state index in [9.17, 15) is 0 Å². The van der Waals surface area contributed by atoms with Crippen molar-refractivity contribution in [2.24, 2.45) is 0 Å². The van der Waals surface area contributed by atoms with E-state index in [0.717, 1.165) is 45.6 Å². The number of nitrogens with zero attached hydrogens (tertiary/aromatic N) is 3. The number of thiophene rings is 1. The minimum absolute atomic E-state index is 0.152. The first-order chi connectivity index (χ1) is 11.7. The van der Waals surface area contributed by atoms with Crippen molar-refractivity contribution >= 4 is 11.3 Å². The number of aryl methyl sites for hydroxylation is 1. The van der Waals surface area contributed by atoms with Gasteiger partial charge in [0.1, 0.15) is 5.60 Å². The molecule has 4 rings (SSSR count). The van der Waals surface area contributed by atoms with Gasteiger partial charge in [-0.15, -0.1) is 11.3 Å². The Morgan fingerprint density at radius 2 is 2.38 bits per heavy atom. The fraction of sp³-hybridized carbons (Fsp3) is 0.611. The summed E-state index contributed by atoms with van der Waals surface area (Å²) in [5.74, 6) is 0. The Bertz CT molecular complexity index is 657. The predicted octanol–water partition coefficient (Wildman–Crippen LogP) is 2.70. The van der Waals surface area contributed by atoms with Gasteiger partial charge in [0.05, 0.1) is 25.9 Å². The van der Waals surface area contributed by atoms with E-state index in [-0.39, 0.29) is 11.7 Å². The first-order valence-electron chi connectivity index (χ1n) is 8.71. The van der Waals surface area contributed by atoms with Crippen LogP contribution in [0.25, 0.3) is 0 Å². The second-order valence-electron chi connectivity index (χ2n) is 6.97. The molecule has 0 bridgehead atoms. The van der Waals surface area contributed by atoms with Gasteiger partial charge in [0.2, 0.25) is 0 Å². The lowest BCUT2D eigenvalue weighted by molar-refractivity contribution is -0.0904. The smallest absolute Gasteiger partial charge is 0.105 e. The van der Waals surface area contributed by atoms with Crippen molar-refractivity contribution in [1.29, 1.82) is 0 Å².